The fraction of sp³-hybridized carbons (Fsp3) is 0.289. The zero-order valence-electron chi connectivity index (χ0n) is 31.0. The molecule has 0 radical (unpaired) electrons. The number of aromatic nitrogens is 6. The molecule has 2 aliphatic rings. The van der Waals surface area contributed by atoms with Crippen molar-refractivity contribution in [3.05, 3.63) is 29.7 Å². The minimum absolute atomic E-state index is 0. The van der Waals surface area contributed by atoms with E-state index in [-0.39, 0.29) is 20.3 Å². The van der Waals surface area contributed by atoms with E-state index in [2.05, 4.69) is 168 Å². The van der Waals surface area contributed by atoms with Crippen molar-refractivity contribution in [2.75, 3.05) is 18.4 Å². The third-order valence-electron chi connectivity index (χ3n) is 6.83. The molecule has 3 aromatic heterocycles. The van der Waals surface area contributed by atoms with E-state index >= 15 is 0 Å². The number of carbonyl (C=O) groups excluding carboxylic acids is 1. The molecule has 1 saturated heterocycles. The molecule has 2 fully saturated rings. The van der Waals surface area contributed by atoms with Gasteiger partial charge >= 0.3 is 6.03 Å². The molecule has 58 heavy (non-hydrogen) atoms. The van der Waals surface area contributed by atoms with Crippen LogP contribution in [0.4, 0.5) is 16.4 Å². The summed E-state index contributed by atoms with van der Waals surface area (Å²) in [5, 5.41) is 36.6. The van der Waals surface area contributed by atoms with E-state index in [9.17, 15) is 9.70 Å². The van der Waals surface area contributed by atoms with Crippen LogP contribution in [-0.2, 0) is 13.6 Å². The molecular weight excluding hydrogens is 741 g/mol. The van der Waals surface area contributed by atoms with Crippen LogP contribution in [0.1, 0.15) is 46.9 Å². The lowest BCUT2D eigenvalue weighted by Gasteiger charge is -2.32. The van der Waals surface area contributed by atoms with Crippen LogP contribution in [0.25, 0.3) is 11.0 Å². The first-order chi connectivity index (χ1) is 28.5. The summed E-state index contributed by atoms with van der Waals surface area (Å²) in [5.74, 6) is 42.8. The van der Waals surface area contributed by atoms with Crippen LogP contribution >= 0.6 is 0 Å². The third kappa shape index (κ3) is 18.1. The summed E-state index contributed by atoms with van der Waals surface area (Å²) in [6.45, 7) is 4.02. The highest BCUT2D eigenvalue weighted by Crippen LogP contribution is 2.23. The molecule has 1 atom stereocenters. The van der Waals surface area contributed by atoms with Crippen molar-refractivity contribution in [1.29, 1.82) is 5.53 Å². The Labute approximate surface area is 348 Å². The van der Waals surface area contributed by atoms with E-state index in [0.29, 0.717) is 17.9 Å². The van der Waals surface area contributed by atoms with Crippen molar-refractivity contribution in [2.24, 2.45) is 54.8 Å². The molecule has 0 spiro atoms. The van der Waals surface area contributed by atoms with Gasteiger partial charge in [0.25, 0.3) is 0 Å². The summed E-state index contributed by atoms with van der Waals surface area (Å²) >= 11 is 0. The first-order valence-electron chi connectivity index (χ1n) is 16.7. The van der Waals surface area contributed by atoms with E-state index in [1.807, 2.05) is 28.1 Å². The topological polar surface area (TPSA) is 246 Å². The van der Waals surface area contributed by atoms with Gasteiger partial charge in [-0.15, -0.1) is 11.3 Å². The lowest BCUT2D eigenvalue weighted by atomic mass is 9.98. The molecule has 5 rings (SSSR count). The number of amides is 2. The van der Waals surface area contributed by atoms with Crippen LogP contribution in [0.2, 0.25) is 0 Å². The summed E-state index contributed by atoms with van der Waals surface area (Å²) in [5.41, 5.74) is 7.69. The van der Waals surface area contributed by atoms with Gasteiger partial charge in [-0.3, -0.25) is 4.68 Å². The zero-order valence-corrected chi connectivity index (χ0v) is 31.0. The van der Waals surface area contributed by atoms with Gasteiger partial charge in [0.1, 0.15) is 5.29 Å². The number of urea groups is 1. The lowest BCUT2D eigenvalue weighted by Crippen LogP contribution is -2.46. The molecule has 1 unspecified atom stereocenters. The molecule has 3 N–H and O–H groups in total. The molecule has 304 valence electrons. The smallest absolute Gasteiger partial charge is 0.317 e. The van der Waals surface area contributed by atoms with E-state index in [0.717, 1.165) is 62.0 Å². The lowest BCUT2D eigenvalue weighted by molar-refractivity contribution is 0.158. The summed E-state index contributed by atoms with van der Waals surface area (Å²) in [6.07, 6.45) is 16.4. The number of piperidine rings is 1. The second-order valence-electron chi connectivity index (χ2n) is 11.0. The van der Waals surface area contributed by atoms with Gasteiger partial charge in [-0.05, 0) is 154 Å². The summed E-state index contributed by atoms with van der Waals surface area (Å²) in [4.78, 5) is 32.5. The average Bonchev–Trinajstić information content (AvgIpc) is 3.83. The van der Waals surface area contributed by atoms with E-state index in [1.54, 1.807) is 30.2 Å². The van der Waals surface area contributed by atoms with Gasteiger partial charge < -0.3 is 15.5 Å². The third-order valence-corrected chi connectivity index (χ3v) is 6.83. The van der Waals surface area contributed by atoms with Gasteiger partial charge in [0.05, 0.1) is 23.5 Å². The zero-order chi connectivity index (χ0) is 41.5. The predicted molar refractivity (Wildman–Crippen MR) is 231 cm³/mol. The Morgan fingerprint density at radius 1 is 0.862 bits per heavy atom. The first-order valence-corrected chi connectivity index (χ1v) is 16.7. The number of hydrogen-bond acceptors (Lipinski definition) is 8. The van der Waals surface area contributed by atoms with Crippen LogP contribution in [0.3, 0.4) is 0 Å². The molecule has 0 bridgehead atoms. The number of carbonyl (C=O) groups is 1. The quantitative estimate of drug-likeness (QED) is 0.0903. The van der Waals surface area contributed by atoms with E-state index in [1.165, 1.54) is 0 Å². The molecule has 1 saturated carbocycles. The van der Waals surface area contributed by atoms with Gasteiger partial charge in [0.15, 0.2) is 5.65 Å². The number of fused-ring (bicyclic) bond motifs is 1. The second-order valence-corrected chi connectivity index (χ2v) is 11.0. The number of rotatable bonds is 9. The Kier molecular flexibility index (Phi) is 19.9. The number of terminal acetylenes is 1. The van der Waals surface area contributed by atoms with Crippen molar-refractivity contribution in [1.82, 2.24) is 39.7 Å². The summed E-state index contributed by atoms with van der Waals surface area (Å²) in [6, 6.07) is 0.466. The largest absolute Gasteiger partial charge is 0.335 e. The molecule has 3 aromatic rings. The summed E-state index contributed by atoms with van der Waals surface area (Å²) in [7, 11) is 1.86. The van der Waals surface area contributed by atoms with Crippen LogP contribution < -0.4 is 10.6 Å². The summed E-state index contributed by atoms with van der Waals surface area (Å²) < 4.78 is 3.65. The van der Waals surface area contributed by atoms with Crippen LogP contribution in [-0.4, -0.2) is 59.6 Å². The SMILES string of the molecule is C#CC#CC#CC#CC#CC#CC#CC#CC#CC.Cn1cc(Nc2ncc3cnn(CC4CCCN(C(=O)NC5CC5)C4)c3n2)cn1.N=N/N=N/N=N/N=N/N=O.[HH].[HH].[HH].[HH].[HH].[HH].[HH].[HH].[HH].[HH]. The van der Waals surface area contributed by atoms with Crippen LogP contribution in [0, 0.1) is 123 Å². The average molecular weight is 791 g/mol. The highest BCUT2D eigenvalue weighted by molar-refractivity contribution is 5.76. The van der Waals surface area contributed by atoms with Gasteiger partial charge in [-0.25, -0.2) is 14.5 Å². The van der Waals surface area contributed by atoms with Gasteiger partial charge in [-0.1, -0.05) is 5.92 Å². The van der Waals surface area contributed by atoms with Crippen molar-refractivity contribution in [3.8, 4) is 107 Å². The Morgan fingerprint density at radius 2 is 1.48 bits per heavy atom. The standard InChI is InChI=1S/C19H25N9O.C19H4.HN9O.10H2/c1-26-12-16(9-21-26)23-18-20-7-14-8-22-28(17(14)25-18)11-13-3-2-6-27(10-13)19(29)24-15-4-5-15;1-3-5-7-9-11-13-15-17-19-18-16-14-12-10-8-6-4-2;1-2-3-4-5-6-7-8-9-10;;;;;;;;;;/h7-9,12-13,15H,2-6,10-11H2,1H3,(H,24,29)(H,20,23,25);1H,2H3;1H;10*1H/b;;2-1?,4-3+,6-5+,8-7+;;;;;;;;;;. The number of nitrogens with zero attached hydrogens (tertiary/aromatic N) is 15. The molecule has 20 nitrogen and oxygen atoms in total. The number of nitroso groups, excluding NO2 is 1. The van der Waals surface area contributed by atoms with Crippen LogP contribution in [0.15, 0.2) is 66.6 Å². The maximum atomic E-state index is 12.4. The van der Waals surface area contributed by atoms with Crippen molar-refractivity contribution < 1.29 is 19.1 Å². The Hall–Kier alpha value is -9.13. The second kappa shape index (κ2) is 26.6. The molecule has 0 aromatic carbocycles. The fourth-order valence-electron chi connectivity index (χ4n) is 4.42. The maximum absolute atomic E-state index is 12.4. The number of anilines is 2. The Balaban J connectivity index is -0.000000137. The minimum atomic E-state index is 0. The van der Waals surface area contributed by atoms with Crippen molar-refractivity contribution >= 4 is 28.7 Å². The van der Waals surface area contributed by atoms with E-state index < -0.39 is 0 Å². The molecule has 4 heterocycles. The molecule has 1 aliphatic heterocycles. The minimum Gasteiger partial charge on any atom is -0.335 e. The van der Waals surface area contributed by atoms with Gasteiger partial charge in [0.2, 0.25) is 5.95 Å². The number of hydrogen-bond donors (Lipinski definition) is 3. The molecule has 2 amide bonds. The highest BCUT2D eigenvalue weighted by atomic mass is 16.3. The van der Waals surface area contributed by atoms with Crippen LogP contribution in [0.5, 0.6) is 0 Å². The fourth-order valence-corrected chi connectivity index (χ4v) is 4.42. The molecule has 20 heteroatoms. The monoisotopic (exact) mass is 790 g/mol. The Bertz CT molecular complexity index is 2610. The molecular formula is C38H50N18O2. The van der Waals surface area contributed by atoms with Crippen molar-refractivity contribution in [2.45, 2.75) is 45.2 Å². The van der Waals surface area contributed by atoms with Gasteiger partial charge in [-0.2, -0.15) is 20.7 Å². The predicted octanol–water partition coefficient (Wildman–Crippen LogP) is 6.81. The highest BCUT2D eigenvalue weighted by Gasteiger charge is 2.29. The van der Waals surface area contributed by atoms with Crippen molar-refractivity contribution in [3.63, 3.8) is 0 Å². The van der Waals surface area contributed by atoms with Gasteiger partial charge in [0, 0.05) is 75.1 Å². The normalized spacial score (nSPS) is 13.0. The number of likely N-dealkylation sites (tertiary alicyclic amines) is 1. The van der Waals surface area contributed by atoms with E-state index in [4.69, 9.17) is 12.0 Å². The first kappa shape index (κ1) is 43.3. The Morgan fingerprint density at radius 3 is 2.05 bits per heavy atom. The number of aryl methyl sites for hydroxylation is 1. The molecule has 1 aliphatic carbocycles. The number of nitrogens with one attached hydrogen (secondary N) is 3. The maximum Gasteiger partial charge on any atom is 0.317 e.